The molecule has 0 fully saturated rings. The molecular formula is C23H22N6O2. The second kappa shape index (κ2) is 8.74. The van der Waals surface area contributed by atoms with E-state index in [4.69, 9.17) is 5.73 Å². The van der Waals surface area contributed by atoms with Gasteiger partial charge in [-0.05, 0) is 36.2 Å². The number of aryl methyl sites for hydroxylation is 1. The van der Waals surface area contributed by atoms with Gasteiger partial charge in [-0.15, -0.1) is 0 Å². The Morgan fingerprint density at radius 3 is 2.71 bits per heavy atom. The van der Waals surface area contributed by atoms with Crippen LogP contribution in [0.4, 0.5) is 0 Å². The highest BCUT2D eigenvalue weighted by Crippen LogP contribution is 2.18. The van der Waals surface area contributed by atoms with Crippen molar-refractivity contribution in [2.45, 2.75) is 26.3 Å². The highest BCUT2D eigenvalue weighted by Gasteiger charge is 2.10. The van der Waals surface area contributed by atoms with Gasteiger partial charge in [0.05, 0.1) is 5.69 Å². The Morgan fingerprint density at radius 1 is 1.06 bits per heavy atom. The number of primary amides is 1. The van der Waals surface area contributed by atoms with E-state index in [1.165, 1.54) is 6.07 Å². The maximum Gasteiger partial charge on any atom is 0.248 e. The molecule has 1 amide bonds. The molecule has 2 N–H and O–H groups in total. The molecule has 0 unspecified atom stereocenters. The standard InChI is InChI=1S/C23H22N6O2/c1-2-10-28-15-25-23(27-28)18-7-3-5-16(12-18)13-20-21(30)9-11-29(26-20)19-8-4-6-17(14-19)22(24)31/h3-9,11-12,14-15H,2,10,13H2,1H3,(H2,24,31). The molecule has 0 bridgehead atoms. The summed E-state index contributed by atoms with van der Waals surface area (Å²) in [5.74, 6) is 0.131. The molecule has 4 aromatic rings. The molecule has 0 radical (unpaired) electrons. The molecular weight excluding hydrogens is 392 g/mol. The number of nitrogens with zero attached hydrogens (tertiary/aromatic N) is 5. The maximum absolute atomic E-state index is 12.4. The number of hydrogen-bond donors (Lipinski definition) is 1. The minimum Gasteiger partial charge on any atom is -0.366 e. The van der Waals surface area contributed by atoms with Crippen molar-refractivity contribution in [3.63, 3.8) is 0 Å². The number of hydrogen-bond acceptors (Lipinski definition) is 5. The summed E-state index contributed by atoms with van der Waals surface area (Å²) in [5, 5.41) is 8.98. The SMILES string of the molecule is CCCn1cnc(-c2cccc(Cc3nn(-c4cccc(C(N)=O)c4)ccc3=O)c2)n1. The van der Waals surface area contributed by atoms with Crippen molar-refractivity contribution in [1.82, 2.24) is 24.5 Å². The van der Waals surface area contributed by atoms with Gasteiger partial charge in [0, 0.05) is 36.4 Å². The van der Waals surface area contributed by atoms with Crippen molar-refractivity contribution in [2.75, 3.05) is 0 Å². The van der Waals surface area contributed by atoms with E-state index >= 15 is 0 Å². The molecule has 8 nitrogen and oxygen atoms in total. The van der Waals surface area contributed by atoms with E-state index in [0.29, 0.717) is 29.2 Å². The first kappa shape index (κ1) is 20.2. The normalized spacial score (nSPS) is 10.9. The van der Waals surface area contributed by atoms with Crippen molar-refractivity contribution in [3.8, 4) is 17.1 Å². The Labute approximate surface area is 179 Å². The fraction of sp³-hybridized carbons (Fsp3) is 0.174. The quantitative estimate of drug-likeness (QED) is 0.500. The zero-order valence-corrected chi connectivity index (χ0v) is 17.1. The molecule has 0 spiro atoms. The lowest BCUT2D eigenvalue weighted by atomic mass is 10.1. The molecule has 0 atom stereocenters. The van der Waals surface area contributed by atoms with E-state index in [0.717, 1.165) is 24.1 Å². The number of carbonyl (C=O) groups excluding carboxylic acids is 1. The van der Waals surface area contributed by atoms with Gasteiger partial charge in [0.25, 0.3) is 0 Å². The maximum atomic E-state index is 12.4. The van der Waals surface area contributed by atoms with Crippen LogP contribution in [0.15, 0.2) is 71.9 Å². The van der Waals surface area contributed by atoms with Gasteiger partial charge in [0.1, 0.15) is 12.0 Å². The van der Waals surface area contributed by atoms with Gasteiger partial charge in [0.2, 0.25) is 11.3 Å². The number of amides is 1. The number of rotatable bonds is 7. The van der Waals surface area contributed by atoms with E-state index in [1.54, 1.807) is 41.5 Å². The molecule has 2 heterocycles. The summed E-state index contributed by atoms with van der Waals surface area (Å²) in [6.45, 7) is 2.91. The Bertz CT molecular complexity index is 1290. The lowest BCUT2D eigenvalue weighted by Crippen LogP contribution is -2.17. The van der Waals surface area contributed by atoms with Crippen molar-refractivity contribution in [1.29, 1.82) is 0 Å². The second-order valence-electron chi connectivity index (χ2n) is 7.19. The summed E-state index contributed by atoms with van der Waals surface area (Å²) in [4.78, 5) is 28.3. The number of benzene rings is 2. The molecule has 8 heteroatoms. The summed E-state index contributed by atoms with van der Waals surface area (Å²) in [6.07, 6.45) is 4.64. The molecule has 0 saturated heterocycles. The first-order valence-corrected chi connectivity index (χ1v) is 10.0. The van der Waals surface area contributed by atoms with E-state index in [2.05, 4.69) is 22.1 Å². The molecule has 0 aliphatic heterocycles. The van der Waals surface area contributed by atoms with Crippen LogP contribution in [0, 0.1) is 0 Å². The lowest BCUT2D eigenvalue weighted by molar-refractivity contribution is 0.1000. The molecule has 0 saturated carbocycles. The van der Waals surface area contributed by atoms with Crippen molar-refractivity contribution in [2.24, 2.45) is 5.73 Å². The highest BCUT2D eigenvalue weighted by molar-refractivity contribution is 5.93. The molecule has 0 aliphatic rings. The van der Waals surface area contributed by atoms with Crippen LogP contribution in [-0.2, 0) is 13.0 Å². The van der Waals surface area contributed by atoms with Crippen molar-refractivity contribution in [3.05, 3.63) is 94.2 Å². The molecule has 156 valence electrons. The van der Waals surface area contributed by atoms with Crippen LogP contribution >= 0.6 is 0 Å². The third-order valence-electron chi connectivity index (χ3n) is 4.82. The monoisotopic (exact) mass is 414 g/mol. The minimum atomic E-state index is -0.519. The molecule has 4 rings (SSSR count). The van der Waals surface area contributed by atoms with Gasteiger partial charge in [-0.1, -0.05) is 31.2 Å². The summed E-state index contributed by atoms with van der Waals surface area (Å²) in [7, 11) is 0. The number of nitrogens with two attached hydrogens (primary N) is 1. The first-order chi connectivity index (χ1) is 15.0. The van der Waals surface area contributed by atoms with Crippen LogP contribution in [0.2, 0.25) is 0 Å². The van der Waals surface area contributed by atoms with Gasteiger partial charge >= 0.3 is 0 Å². The first-order valence-electron chi connectivity index (χ1n) is 10.0. The fourth-order valence-electron chi connectivity index (χ4n) is 3.29. The van der Waals surface area contributed by atoms with Crippen molar-refractivity contribution < 1.29 is 4.79 Å². The minimum absolute atomic E-state index is 0.155. The van der Waals surface area contributed by atoms with Gasteiger partial charge in [-0.2, -0.15) is 10.2 Å². The summed E-state index contributed by atoms with van der Waals surface area (Å²) >= 11 is 0. The van der Waals surface area contributed by atoms with Gasteiger partial charge in [-0.3, -0.25) is 14.3 Å². The van der Waals surface area contributed by atoms with Crippen molar-refractivity contribution >= 4 is 5.91 Å². The highest BCUT2D eigenvalue weighted by atomic mass is 16.1. The third-order valence-corrected chi connectivity index (χ3v) is 4.82. The average Bonchev–Trinajstić information content (AvgIpc) is 3.25. The second-order valence-corrected chi connectivity index (χ2v) is 7.19. The fourth-order valence-corrected chi connectivity index (χ4v) is 3.29. The Balaban J connectivity index is 1.62. The summed E-state index contributed by atoms with van der Waals surface area (Å²) in [5.41, 5.74) is 8.45. The van der Waals surface area contributed by atoms with Crippen LogP contribution in [0.1, 0.15) is 35.0 Å². The Hall–Kier alpha value is -4.07. The summed E-state index contributed by atoms with van der Waals surface area (Å²) < 4.78 is 3.39. The Kier molecular flexibility index (Phi) is 5.70. The molecule has 31 heavy (non-hydrogen) atoms. The lowest BCUT2D eigenvalue weighted by Gasteiger charge is -2.09. The van der Waals surface area contributed by atoms with Crippen LogP contribution in [0.3, 0.4) is 0 Å². The van der Waals surface area contributed by atoms with Crippen LogP contribution < -0.4 is 11.2 Å². The zero-order valence-electron chi connectivity index (χ0n) is 17.1. The predicted octanol–water partition coefficient (Wildman–Crippen LogP) is 2.59. The summed E-state index contributed by atoms with van der Waals surface area (Å²) in [6, 6.07) is 16.0. The topological polar surface area (TPSA) is 109 Å². The predicted molar refractivity (Wildman–Crippen MR) is 117 cm³/mol. The van der Waals surface area contributed by atoms with Crippen LogP contribution in [0.5, 0.6) is 0 Å². The van der Waals surface area contributed by atoms with Crippen LogP contribution in [-0.4, -0.2) is 30.5 Å². The third kappa shape index (κ3) is 4.58. The molecule has 0 aliphatic carbocycles. The van der Waals surface area contributed by atoms with E-state index in [1.807, 2.05) is 28.9 Å². The van der Waals surface area contributed by atoms with Gasteiger partial charge in [0.15, 0.2) is 5.82 Å². The molecule has 2 aromatic carbocycles. The van der Waals surface area contributed by atoms with Crippen LogP contribution in [0.25, 0.3) is 17.1 Å². The smallest absolute Gasteiger partial charge is 0.248 e. The van der Waals surface area contributed by atoms with E-state index in [9.17, 15) is 9.59 Å². The van der Waals surface area contributed by atoms with E-state index < -0.39 is 5.91 Å². The van der Waals surface area contributed by atoms with E-state index in [-0.39, 0.29) is 5.43 Å². The number of carbonyl (C=O) groups is 1. The average molecular weight is 414 g/mol. The van der Waals surface area contributed by atoms with Gasteiger partial charge < -0.3 is 5.73 Å². The van der Waals surface area contributed by atoms with Gasteiger partial charge in [-0.25, -0.2) is 9.67 Å². The zero-order chi connectivity index (χ0) is 21.8. The number of aromatic nitrogens is 5. The largest absolute Gasteiger partial charge is 0.366 e. The molecule has 2 aromatic heterocycles. The Morgan fingerprint density at radius 2 is 1.90 bits per heavy atom.